The molecule has 3 saturated heterocycles. The Kier molecular flexibility index (Phi) is 5.13. The molecule has 0 N–H and O–H groups in total. The zero-order valence-electron chi connectivity index (χ0n) is 19.8. The van der Waals surface area contributed by atoms with E-state index in [9.17, 15) is 4.39 Å². The number of nitrogens with zero attached hydrogens (tertiary/aromatic N) is 7. The quantitative estimate of drug-likeness (QED) is 0.457. The molecule has 8 heteroatoms. The highest BCUT2D eigenvalue weighted by Crippen LogP contribution is 2.38. The minimum absolute atomic E-state index is 0.394. The van der Waals surface area contributed by atoms with E-state index in [1.165, 1.54) is 49.5 Å². The summed E-state index contributed by atoms with van der Waals surface area (Å²) >= 11 is 0. The first-order chi connectivity index (χ1) is 16.5. The number of hydrogen-bond acceptors (Lipinski definition) is 6. The molecule has 0 radical (unpaired) electrons. The van der Waals surface area contributed by atoms with Crippen molar-refractivity contribution >= 4 is 11.2 Å². The number of hydrogen-bond donors (Lipinski definition) is 0. The van der Waals surface area contributed by atoms with Gasteiger partial charge in [0.05, 0.1) is 18.4 Å². The molecule has 7 rings (SSSR count). The molecular formula is C26H28FN7. The van der Waals surface area contributed by atoms with E-state index in [1.54, 1.807) is 6.20 Å². The number of aryl methyl sites for hydroxylation is 3. The van der Waals surface area contributed by atoms with Crippen molar-refractivity contribution in [3.8, 4) is 11.4 Å². The maximum absolute atomic E-state index is 14.0. The summed E-state index contributed by atoms with van der Waals surface area (Å²) in [6, 6.07) is 3.72. The number of rotatable bonds is 4. The Balaban J connectivity index is 1.41. The summed E-state index contributed by atoms with van der Waals surface area (Å²) in [5.41, 5.74) is 6.39. The highest BCUT2D eigenvalue weighted by atomic mass is 19.1. The SMILES string of the molecule is Cc1nc(C)c2nc(-c3cncc(F)c3)n(Cc3cnc(C4CN5CCC4CC5)cc3C)c2n1. The third-order valence-electron chi connectivity index (χ3n) is 7.45. The minimum atomic E-state index is -0.394. The molecule has 4 aromatic rings. The Bertz CT molecular complexity index is 1390. The van der Waals surface area contributed by atoms with Crippen LogP contribution in [0, 0.1) is 32.5 Å². The molecular weight excluding hydrogens is 429 g/mol. The molecule has 2 bridgehead atoms. The molecule has 1 atom stereocenters. The van der Waals surface area contributed by atoms with Crippen LogP contribution in [-0.2, 0) is 6.54 Å². The van der Waals surface area contributed by atoms with Gasteiger partial charge in [0.15, 0.2) is 5.65 Å². The van der Waals surface area contributed by atoms with Crippen molar-refractivity contribution in [3.63, 3.8) is 0 Å². The average Bonchev–Trinajstić information content (AvgIpc) is 3.19. The van der Waals surface area contributed by atoms with Gasteiger partial charge in [-0.15, -0.1) is 0 Å². The number of halogens is 1. The first-order valence-corrected chi connectivity index (χ1v) is 12.0. The fourth-order valence-corrected chi connectivity index (χ4v) is 5.62. The summed E-state index contributed by atoms with van der Waals surface area (Å²) in [6.45, 7) is 10.1. The number of fused-ring (bicyclic) bond motifs is 4. The Morgan fingerprint density at radius 3 is 2.53 bits per heavy atom. The topological polar surface area (TPSA) is 72.6 Å². The van der Waals surface area contributed by atoms with Gasteiger partial charge in [-0.2, -0.15) is 0 Å². The van der Waals surface area contributed by atoms with Gasteiger partial charge in [0.1, 0.15) is 23.0 Å². The molecule has 174 valence electrons. The van der Waals surface area contributed by atoms with E-state index in [0.717, 1.165) is 34.9 Å². The lowest BCUT2D eigenvalue weighted by atomic mass is 9.77. The summed E-state index contributed by atoms with van der Waals surface area (Å²) in [7, 11) is 0. The molecule has 34 heavy (non-hydrogen) atoms. The van der Waals surface area contributed by atoms with Crippen molar-refractivity contribution in [1.82, 2.24) is 34.4 Å². The van der Waals surface area contributed by atoms with Gasteiger partial charge in [-0.3, -0.25) is 9.97 Å². The van der Waals surface area contributed by atoms with Gasteiger partial charge in [0, 0.05) is 36.1 Å². The van der Waals surface area contributed by atoms with Crippen LogP contribution in [0.15, 0.2) is 30.7 Å². The Morgan fingerprint density at radius 2 is 1.82 bits per heavy atom. The van der Waals surface area contributed by atoms with Gasteiger partial charge < -0.3 is 9.47 Å². The van der Waals surface area contributed by atoms with Crippen LogP contribution in [-0.4, -0.2) is 54.0 Å². The smallest absolute Gasteiger partial charge is 0.164 e. The minimum Gasteiger partial charge on any atom is -0.304 e. The first-order valence-electron chi connectivity index (χ1n) is 12.0. The monoisotopic (exact) mass is 457 g/mol. The van der Waals surface area contributed by atoms with Gasteiger partial charge in [-0.25, -0.2) is 19.3 Å². The molecule has 7 nitrogen and oxygen atoms in total. The van der Waals surface area contributed by atoms with Crippen LogP contribution in [0.2, 0.25) is 0 Å². The van der Waals surface area contributed by atoms with E-state index in [4.69, 9.17) is 15.0 Å². The van der Waals surface area contributed by atoms with Gasteiger partial charge in [-0.1, -0.05) is 0 Å². The summed E-state index contributed by atoms with van der Waals surface area (Å²) < 4.78 is 16.1. The van der Waals surface area contributed by atoms with Crippen molar-refractivity contribution in [2.75, 3.05) is 19.6 Å². The van der Waals surface area contributed by atoms with Gasteiger partial charge in [-0.05, 0) is 75.9 Å². The number of imidazole rings is 1. The lowest BCUT2D eigenvalue weighted by molar-refractivity contribution is 0.0854. The average molecular weight is 458 g/mol. The largest absolute Gasteiger partial charge is 0.304 e. The van der Waals surface area contributed by atoms with Crippen molar-refractivity contribution < 1.29 is 4.39 Å². The predicted octanol–water partition coefficient (Wildman–Crippen LogP) is 4.21. The molecule has 3 aliphatic heterocycles. The maximum atomic E-state index is 14.0. The summed E-state index contributed by atoms with van der Waals surface area (Å²) in [5.74, 6) is 2.19. The molecule has 0 aromatic carbocycles. The van der Waals surface area contributed by atoms with Crippen LogP contribution in [0.25, 0.3) is 22.6 Å². The third-order valence-corrected chi connectivity index (χ3v) is 7.45. The second-order valence-corrected chi connectivity index (χ2v) is 9.72. The van der Waals surface area contributed by atoms with E-state index in [0.29, 0.717) is 29.7 Å². The van der Waals surface area contributed by atoms with Gasteiger partial charge in [0.25, 0.3) is 0 Å². The predicted molar refractivity (Wildman–Crippen MR) is 128 cm³/mol. The number of aromatic nitrogens is 6. The van der Waals surface area contributed by atoms with Crippen molar-refractivity contribution in [1.29, 1.82) is 0 Å². The Morgan fingerprint density at radius 1 is 1.00 bits per heavy atom. The molecule has 0 saturated carbocycles. The molecule has 3 fully saturated rings. The van der Waals surface area contributed by atoms with Crippen molar-refractivity contribution in [2.24, 2.45) is 5.92 Å². The molecule has 1 unspecified atom stereocenters. The van der Waals surface area contributed by atoms with Crippen LogP contribution in [0.3, 0.4) is 0 Å². The van der Waals surface area contributed by atoms with Gasteiger partial charge in [0.2, 0.25) is 0 Å². The lowest BCUT2D eigenvalue weighted by Gasteiger charge is -2.44. The number of piperidine rings is 3. The van der Waals surface area contributed by atoms with Crippen LogP contribution in [0.5, 0.6) is 0 Å². The summed E-state index contributed by atoms with van der Waals surface area (Å²) in [5, 5.41) is 0. The molecule has 0 spiro atoms. The van der Waals surface area contributed by atoms with Crippen LogP contribution < -0.4 is 0 Å². The van der Waals surface area contributed by atoms with Gasteiger partial charge >= 0.3 is 0 Å². The maximum Gasteiger partial charge on any atom is 0.164 e. The third kappa shape index (κ3) is 3.66. The summed E-state index contributed by atoms with van der Waals surface area (Å²) in [4.78, 5) is 25.5. The van der Waals surface area contributed by atoms with Crippen LogP contribution in [0.1, 0.15) is 47.1 Å². The molecule has 3 aliphatic rings. The molecule has 0 aliphatic carbocycles. The highest BCUT2D eigenvalue weighted by molar-refractivity contribution is 5.79. The van der Waals surface area contributed by atoms with E-state index >= 15 is 0 Å². The second kappa shape index (κ2) is 8.20. The highest BCUT2D eigenvalue weighted by Gasteiger charge is 2.35. The van der Waals surface area contributed by atoms with Crippen LogP contribution in [0.4, 0.5) is 4.39 Å². The Labute approximate surface area is 198 Å². The van der Waals surface area contributed by atoms with Crippen molar-refractivity contribution in [2.45, 2.75) is 46.1 Å². The van der Waals surface area contributed by atoms with E-state index in [1.807, 2.05) is 24.6 Å². The van der Waals surface area contributed by atoms with Crippen LogP contribution >= 0.6 is 0 Å². The molecule has 4 aromatic heterocycles. The zero-order chi connectivity index (χ0) is 23.4. The fourth-order valence-electron chi connectivity index (χ4n) is 5.62. The summed E-state index contributed by atoms with van der Waals surface area (Å²) in [6.07, 6.45) is 7.39. The van der Waals surface area contributed by atoms with E-state index in [-0.39, 0.29) is 0 Å². The lowest BCUT2D eigenvalue weighted by Crippen LogP contribution is -2.46. The standard InChI is InChI=1S/C26H28FN7/c1-15-8-23(22-14-33-6-4-18(22)5-7-33)29-11-20(15)13-34-25(19-9-21(27)12-28-10-19)32-24-16(2)30-17(3)31-26(24)34/h8-12,18,22H,4-7,13-14H2,1-3H3. The Hall–Kier alpha value is -3.26. The first kappa shape index (κ1) is 21.3. The normalized spacial score (nSPS) is 21.9. The van der Waals surface area contributed by atoms with Crippen molar-refractivity contribution in [3.05, 3.63) is 64.9 Å². The van der Waals surface area contributed by atoms with E-state index in [2.05, 4.69) is 27.9 Å². The molecule has 0 amide bonds. The zero-order valence-corrected chi connectivity index (χ0v) is 19.8. The van der Waals surface area contributed by atoms with E-state index < -0.39 is 5.82 Å². The number of pyridine rings is 2. The second-order valence-electron chi connectivity index (χ2n) is 9.72. The fraction of sp³-hybridized carbons (Fsp3) is 0.423. The molecule has 7 heterocycles.